The van der Waals surface area contributed by atoms with Crippen LogP contribution in [-0.4, -0.2) is 60.5 Å². The van der Waals surface area contributed by atoms with Crippen molar-refractivity contribution in [2.75, 3.05) is 45.2 Å². The molecule has 5 nitrogen and oxygen atoms in total. The average molecular weight is 406 g/mol. The maximum Gasteiger partial charge on any atom is 0.141 e. The Morgan fingerprint density at radius 2 is 2.07 bits per heavy atom. The number of aliphatic hydroxyl groups is 1. The summed E-state index contributed by atoms with van der Waals surface area (Å²) < 4.78 is 5.12. The van der Waals surface area contributed by atoms with E-state index >= 15 is 0 Å². The molecule has 3 aliphatic heterocycles. The van der Waals surface area contributed by atoms with Crippen molar-refractivity contribution in [3.05, 3.63) is 59.3 Å². The highest BCUT2D eigenvalue weighted by Gasteiger charge is 2.44. The van der Waals surface area contributed by atoms with Crippen molar-refractivity contribution in [2.24, 2.45) is 5.92 Å². The molecule has 0 aliphatic carbocycles. The molecule has 4 heterocycles. The summed E-state index contributed by atoms with van der Waals surface area (Å²) in [5.41, 5.74) is 2.35. The number of nitrogens with one attached hydrogen (secondary N) is 1. The molecule has 1 aromatic heterocycles. The Labute approximate surface area is 179 Å². The van der Waals surface area contributed by atoms with Gasteiger partial charge in [-0.2, -0.15) is 0 Å². The van der Waals surface area contributed by atoms with Gasteiger partial charge in [0.25, 0.3) is 0 Å². The van der Waals surface area contributed by atoms with Crippen molar-refractivity contribution in [2.45, 2.75) is 31.3 Å². The van der Waals surface area contributed by atoms with Crippen LogP contribution in [0.1, 0.15) is 36.0 Å². The number of pyridine rings is 1. The van der Waals surface area contributed by atoms with Crippen LogP contribution in [0.4, 0.5) is 5.82 Å². The number of benzene rings is 1. The minimum atomic E-state index is -0.905. The number of fused-ring (bicyclic) bond motifs is 3. The first-order chi connectivity index (χ1) is 14.7. The monoisotopic (exact) mass is 405 g/mol. The van der Waals surface area contributed by atoms with Crippen molar-refractivity contribution in [1.82, 2.24) is 9.88 Å². The summed E-state index contributed by atoms with van der Waals surface area (Å²) >= 11 is 0. The van der Waals surface area contributed by atoms with E-state index in [4.69, 9.17) is 4.74 Å². The molecular formula is C25H31N3O2. The highest BCUT2D eigenvalue weighted by Crippen LogP contribution is 2.35. The summed E-state index contributed by atoms with van der Waals surface area (Å²) in [5, 5.41) is 14.5. The van der Waals surface area contributed by atoms with Gasteiger partial charge in [0.05, 0.1) is 0 Å². The van der Waals surface area contributed by atoms with E-state index in [9.17, 15) is 5.11 Å². The van der Waals surface area contributed by atoms with Crippen molar-refractivity contribution in [3.63, 3.8) is 0 Å². The first-order valence-electron chi connectivity index (χ1n) is 10.9. The second-order valence-corrected chi connectivity index (χ2v) is 8.39. The molecule has 5 heteroatoms. The number of piperidine rings is 3. The van der Waals surface area contributed by atoms with Crippen LogP contribution in [0.3, 0.4) is 0 Å². The number of rotatable bonds is 7. The van der Waals surface area contributed by atoms with Crippen molar-refractivity contribution in [1.29, 1.82) is 0 Å². The zero-order valence-electron chi connectivity index (χ0n) is 17.7. The molecule has 1 unspecified atom stereocenters. The van der Waals surface area contributed by atoms with Gasteiger partial charge >= 0.3 is 0 Å². The lowest BCUT2D eigenvalue weighted by Crippen LogP contribution is -2.58. The number of hydrogen-bond acceptors (Lipinski definition) is 5. The van der Waals surface area contributed by atoms with E-state index < -0.39 is 5.60 Å². The lowest BCUT2D eigenvalue weighted by atomic mass is 9.75. The molecule has 0 spiro atoms. The molecule has 0 saturated carbocycles. The predicted molar refractivity (Wildman–Crippen MR) is 119 cm³/mol. The zero-order valence-corrected chi connectivity index (χ0v) is 17.7. The van der Waals surface area contributed by atoms with Gasteiger partial charge in [-0.15, -0.1) is 0 Å². The van der Waals surface area contributed by atoms with Crippen LogP contribution in [0.5, 0.6) is 0 Å². The van der Waals surface area contributed by atoms with Crippen LogP contribution in [0.15, 0.2) is 42.6 Å². The summed E-state index contributed by atoms with van der Waals surface area (Å²) in [6, 6.07) is 12.5. The van der Waals surface area contributed by atoms with Gasteiger partial charge in [0.1, 0.15) is 11.4 Å². The van der Waals surface area contributed by atoms with Crippen LogP contribution in [-0.2, 0) is 11.2 Å². The minimum Gasteiger partial charge on any atom is -0.385 e. The Balaban J connectivity index is 1.57. The lowest BCUT2D eigenvalue weighted by Gasteiger charge is -2.47. The molecule has 2 N–H and O–H groups in total. The van der Waals surface area contributed by atoms with Gasteiger partial charge in [0, 0.05) is 44.5 Å². The maximum absolute atomic E-state index is 11.2. The average Bonchev–Trinajstić information content (AvgIpc) is 2.77. The third-order valence-electron chi connectivity index (χ3n) is 6.20. The second kappa shape index (κ2) is 9.61. The van der Waals surface area contributed by atoms with Gasteiger partial charge < -0.3 is 15.2 Å². The zero-order chi connectivity index (χ0) is 20.8. The molecule has 3 aliphatic rings. The maximum atomic E-state index is 11.2. The third-order valence-corrected chi connectivity index (χ3v) is 6.20. The fourth-order valence-electron chi connectivity index (χ4n) is 4.46. The summed E-state index contributed by atoms with van der Waals surface area (Å²) in [4.78, 5) is 6.89. The van der Waals surface area contributed by atoms with Gasteiger partial charge in [-0.25, -0.2) is 4.98 Å². The SMILES string of the molecule is COCCCNc1cc(Cc2ccccc2)c(C#CC2(O)CN3CCC2CC3)cn1. The summed E-state index contributed by atoms with van der Waals surface area (Å²) in [5.74, 6) is 7.66. The number of hydrogen-bond donors (Lipinski definition) is 2. The van der Waals surface area contributed by atoms with Gasteiger partial charge in [-0.05, 0) is 56.0 Å². The Hall–Kier alpha value is -2.39. The van der Waals surface area contributed by atoms with E-state index in [0.717, 1.165) is 68.9 Å². The number of anilines is 1. The highest BCUT2D eigenvalue weighted by molar-refractivity contribution is 5.50. The number of ether oxygens (including phenoxy) is 1. The molecule has 0 amide bonds. The third kappa shape index (κ3) is 5.02. The lowest BCUT2D eigenvalue weighted by molar-refractivity contribution is -0.0713. The predicted octanol–water partition coefficient (Wildman–Crippen LogP) is 2.93. The van der Waals surface area contributed by atoms with Gasteiger partial charge in [0.15, 0.2) is 0 Å². The fraction of sp³-hybridized carbons (Fsp3) is 0.480. The van der Waals surface area contributed by atoms with E-state index in [2.05, 4.69) is 57.4 Å². The Bertz CT molecular complexity index is 898. The van der Waals surface area contributed by atoms with Gasteiger partial charge in [-0.3, -0.25) is 4.90 Å². The molecule has 5 rings (SSSR count). The largest absolute Gasteiger partial charge is 0.385 e. The highest BCUT2D eigenvalue weighted by atomic mass is 16.5. The minimum absolute atomic E-state index is 0.280. The van der Waals surface area contributed by atoms with Crippen molar-refractivity contribution >= 4 is 5.82 Å². The normalized spacial score (nSPS) is 24.9. The van der Waals surface area contributed by atoms with Crippen LogP contribution in [0.25, 0.3) is 0 Å². The smallest absolute Gasteiger partial charge is 0.141 e. The van der Waals surface area contributed by atoms with E-state index in [-0.39, 0.29) is 5.92 Å². The number of methoxy groups -OCH3 is 1. The molecule has 30 heavy (non-hydrogen) atoms. The topological polar surface area (TPSA) is 57.6 Å². The van der Waals surface area contributed by atoms with E-state index in [1.54, 1.807) is 7.11 Å². The first kappa shape index (κ1) is 20.9. The van der Waals surface area contributed by atoms with Crippen molar-refractivity contribution < 1.29 is 9.84 Å². The molecular weight excluding hydrogens is 374 g/mol. The van der Waals surface area contributed by atoms with Crippen LogP contribution in [0.2, 0.25) is 0 Å². The van der Waals surface area contributed by atoms with E-state index in [0.29, 0.717) is 6.54 Å². The fourth-order valence-corrected chi connectivity index (χ4v) is 4.46. The van der Waals surface area contributed by atoms with Gasteiger partial charge in [0.2, 0.25) is 0 Å². The molecule has 3 fully saturated rings. The van der Waals surface area contributed by atoms with Crippen LogP contribution >= 0.6 is 0 Å². The molecule has 2 aromatic rings. The quantitative estimate of drug-likeness (QED) is 0.548. The number of nitrogens with zero attached hydrogens (tertiary/aromatic N) is 2. The molecule has 2 bridgehead atoms. The summed E-state index contributed by atoms with van der Waals surface area (Å²) in [6.45, 7) is 4.36. The van der Waals surface area contributed by atoms with E-state index in [1.165, 1.54) is 5.56 Å². The molecule has 3 saturated heterocycles. The molecule has 158 valence electrons. The van der Waals surface area contributed by atoms with Crippen LogP contribution < -0.4 is 5.32 Å². The van der Waals surface area contributed by atoms with Crippen LogP contribution in [0, 0.1) is 17.8 Å². The molecule has 1 atom stereocenters. The molecule has 0 radical (unpaired) electrons. The standard InChI is InChI=1S/C25H31N3O2/c1-30-15-5-12-26-24-17-22(16-20-6-3-2-4-7-20)21(18-27-24)8-11-25(29)19-28-13-9-23(25)10-14-28/h2-4,6-7,17-18,23,29H,5,9-10,12-16,19H2,1H3,(H,26,27). The van der Waals surface area contributed by atoms with Crippen molar-refractivity contribution in [3.8, 4) is 11.8 Å². The summed E-state index contributed by atoms with van der Waals surface area (Å²) in [6.07, 6.45) is 5.62. The Morgan fingerprint density at radius 3 is 2.77 bits per heavy atom. The summed E-state index contributed by atoms with van der Waals surface area (Å²) in [7, 11) is 1.72. The first-order valence-corrected chi connectivity index (χ1v) is 10.9. The van der Waals surface area contributed by atoms with Gasteiger partial charge in [-0.1, -0.05) is 42.2 Å². The number of aromatic nitrogens is 1. The van der Waals surface area contributed by atoms with E-state index in [1.807, 2.05) is 12.3 Å². The molecule has 1 aromatic carbocycles. The second-order valence-electron chi connectivity index (χ2n) is 8.39. The Morgan fingerprint density at radius 1 is 1.27 bits per heavy atom. The Kier molecular flexibility index (Phi) is 6.69.